The zero-order chi connectivity index (χ0) is 15.4. The van der Waals surface area contributed by atoms with Crippen LogP contribution in [0.2, 0.25) is 0 Å². The van der Waals surface area contributed by atoms with E-state index in [2.05, 4.69) is 19.2 Å². The number of halogens is 1. The normalized spacial score (nSPS) is 10.2. The summed E-state index contributed by atoms with van der Waals surface area (Å²) in [5, 5.41) is 3.61. The lowest BCUT2D eigenvalue weighted by Crippen LogP contribution is -3.00. The van der Waals surface area contributed by atoms with Crippen molar-refractivity contribution in [3.05, 3.63) is 0 Å². The third-order valence-electron chi connectivity index (χ3n) is 4.41. The lowest BCUT2D eigenvalue weighted by Gasteiger charge is -2.05. The second-order valence-electron chi connectivity index (χ2n) is 6.70. The third kappa shape index (κ3) is 27.7. The SMILES string of the molecule is CCCCCCCCCCNCCCCCCCCCC.[Cl-].[SH3+]. The van der Waals surface area contributed by atoms with Crippen LogP contribution in [-0.2, 0) is 13.5 Å². The molecule has 0 unspecified atom stereocenters. The molecule has 0 aromatic heterocycles. The molecule has 0 fully saturated rings. The topological polar surface area (TPSA) is 12.0 Å². The highest BCUT2D eigenvalue weighted by Gasteiger charge is 1.93. The van der Waals surface area contributed by atoms with E-state index >= 15 is 0 Å². The van der Waals surface area contributed by atoms with E-state index in [-0.39, 0.29) is 25.9 Å². The van der Waals surface area contributed by atoms with Gasteiger partial charge in [0.25, 0.3) is 0 Å². The van der Waals surface area contributed by atoms with Gasteiger partial charge in [0, 0.05) is 0 Å². The van der Waals surface area contributed by atoms with E-state index in [1.54, 1.807) is 0 Å². The fourth-order valence-electron chi connectivity index (χ4n) is 2.89. The first kappa shape index (κ1) is 28.4. The summed E-state index contributed by atoms with van der Waals surface area (Å²) in [6.45, 7) is 7.06. The molecule has 0 rings (SSSR count). The van der Waals surface area contributed by atoms with Gasteiger partial charge in [0.15, 0.2) is 0 Å². The van der Waals surface area contributed by atoms with Gasteiger partial charge in [-0.1, -0.05) is 117 Å². The molecule has 0 spiro atoms. The molecular weight excluding hydrogens is 322 g/mol. The highest BCUT2D eigenvalue weighted by molar-refractivity contribution is 7.37. The minimum Gasteiger partial charge on any atom is -1.00 e. The summed E-state index contributed by atoms with van der Waals surface area (Å²) in [5.74, 6) is 0. The highest BCUT2D eigenvalue weighted by Crippen LogP contribution is 2.09. The molecule has 0 aliphatic heterocycles. The smallest absolute Gasteiger partial charge is 0.00489 e. The van der Waals surface area contributed by atoms with E-state index in [9.17, 15) is 0 Å². The van der Waals surface area contributed by atoms with E-state index in [1.165, 1.54) is 116 Å². The van der Waals surface area contributed by atoms with Crippen molar-refractivity contribution < 1.29 is 12.4 Å². The molecule has 0 radical (unpaired) electrons. The summed E-state index contributed by atoms with van der Waals surface area (Å²) in [7, 11) is 0. The lowest BCUT2D eigenvalue weighted by atomic mass is 10.1. The fraction of sp³-hybridized carbons (Fsp3) is 1.00. The maximum absolute atomic E-state index is 3.61. The van der Waals surface area contributed by atoms with Crippen molar-refractivity contribution in [2.24, 2.45) is 0 Å². The van der Waals surface area contributed by atoms with Crippen LogP contribution in [0.5, 0.6) is 0 Å². The van der Waals surface area contributed by atoms with Crippen molar-refractivity contribution in [3.63, 3.8) is 0 Å². The Kier molecular flexibility index (Phi) is 33.9. The number of hydrogen-bond donors (Lipinski definition) is 1. The molecule has 0 saturated heterocycles. The van der Waals surface area contributed by atoms with Gasteiger partial charge in [-0.25, -0.2) is 0 Å². The molecule has 0 aliphatic rings. The molecule has 0 saturated carbocycles. The largest absolute Gasteiger partial charge is 1.00 e. The number of nitrogens with one attached hydrogen (secondary N) is 1. The Morgan fingerprint density at radius 1 is 0.435 bits per heavy atom. The number of unbranched alkanes of at least 4 members (excludes halogenated alkanes) is 14. The monoisotopic (exact) mass is 367 g/mol. The summed E-state index contributed by atoms with van der Waals surface area (Å²) in [4.78, 5) is 0. The Morgan fingerprint density at radius 3 is 1.00 bits per heavy atom. The predicted molar refractivity (Wildman–Crippen MR) is 110 cm³/mol. The number of rotatable bonds is 18. The van der Waals surface area contributed by atoms with Crippen molar-refractivity contribution >= 4 is 13.5 Å². The van der Waals surface area contributed by atoms with Crippen molar-refractivity contribution in [3.8, 4) is 0 Å². The predicted octanol–water partition coefficient (Wildman–Crippen LogP) is 3.06. The van der Waals surface area contributed by atoms with Crippen LogP contribution in [0.4, 0.5) is 0 Å². The van der Waals surface area contributed by atoms with Crippen molar-refractivity contribution in [2.75, 3.05) is 13.1 Å². The van der Waals surface area contributed by atoms with Crippen molar-refractivity contribution in [2.45, 2.75) is 117 Å². The van der Waals surface area contributed by atoms with Gasteiger partial charge in [-0.15, -0.1) is 0 Å². The van der Waals surface area contributed by atoms with Gasteiger partial charge in [0.2, 0.25) is 0 Å². The first-order valence-corrected chi connectivity index (χ1v) is 10.1. The molecule has 1 N–H and O–H groups in total. The molecule has 0 aromatic rings. The first-order valence-electron chi connectivity index (χ1n) is 10.1. The molecule has 0 aromatic carbocycles. The Balaban J connectivity index is -0.00000200. The van der Waals surface area contributed by atoms with Crippen molar-refractivity contribution in [1.29, 1.82) is 0 Å². The quantitative estimate of drug-likeness (QED) is 0.290. The van der Waals surface area contributed by atoms with Gasteiger partial charge in [0.1, 0.15) is 0 Å². The molecular formula is C20H46ClNS. The summed E-state index contributed by atoms with van der Waals surface area (Å²) in [6.07, 6.45) is 22.8. The molecule has 0 amide bonds. The standard InChI is InChI=1S/C20H43N.ClH.H2S/c1-3-5-7-9-11-13-15-17-19-21-20-18-16-14-12-10-8-6-4-2;;/h21H,3-20H2,1-2H3;1H;1H2. The van der Waals surface area contributed by atoms with Gasteiger partial charge >= 0.3 is 0 Å². The minimum absolute atomic E-state index is 0. The maximum atomic E-state index is 3.61. The van der Waals surface area contributed by atoms with E-state index in [4.69, 9.17) is 0 Å². The van der Waals surface area contributed by atoms with Gasteiger partial charge in [-0.3, -0.25) is 0 Å². The van der Waals surface area contributed by atoms with Crippen LogP contribution in [0.3, 0.4) is 0 Å². The Bertz CT molecular complexity index is 161. The molecule has 3 heteroatoms. The summed E-state index contributed by atoms with van der Waals surface area (Å²) in [6, 6.07) is 0. The average Bonchev–Trinajstić information content (AvgIpc) is 2.50. The fourth-order valence-corrected chi connectivity index (χ4v) is 2.89. The van der Waals surface area contributed by atoms with Crippen LogP contribution in [0.1, 0.15) is 117 Å². The molecule has 0 atom stereocenters. The van der Waals surface area contributed by atoms with E-state index in [1.807, 2.05) is 0 Å². The first-order chi connectivity index (χ1) is 10.4. The van der Waals surface area contributed by atoms with Gasteiger partial charge < -0.3 is 17.7 Å². The molecule has 0 aliphatic carbocycles. The molecule has 23 heavy (non-hydrogen) atoms. The Labute approximate surface area is 161 Å². The summed E-state index contributed by atoms with van der Waals surface area (Å²) in [5.41, 5.74) is 0. The van der Waals surface area contributed by atoms with Crippen molar-refractivity contribution in [1.82, 2.24) is 5.32 Å². The second kappa shape index (κ2) is 27.4. The second-order valence-corrected chi connectivity index (χ2v) is 6.70. The molecule has 1 nitrogen and oxygen atoms in total. The van der Waals surface area contributed by atoms with Crippen LogP contribution in [0.15, 0.2) is 0 Å². The van der Waals surface area contributed by atoms with Crippen LogP contribution in [0, 0.1) is 0 Å². The summed E-state index contributed by atoms with van der Waals surface area (Å²) < 4.78 is 0. The van der Waals surface area contributed by atoms with E-state index in [0.717, 1.165) is 0 Å². The lowest BCUT2D eigenvalue weighted by molar-refractivity contribution is -0.00000493. The van der Waals surface area contributed by atoms with Gasteiger partial charge in [-0.2, -0.15) is 0 Å². The zero-order valence-corrected chi connectivity index (χ0v) is 18.1. The Morgan fingerprint density at radius 2 is 0.696 bits per heavy atom. The zero-order valence-electron chi connectivity index (χ0n) is 16.2. The van der Waals surface area contributed by atoms with Crippen LogP contribution >= 0.6 is 0 Å². The third-order valence-corrected chi connectivity index (χ3v) is 4.41. The van der Waals surface area contributed by atoms with Crippen LogP contribution in [-0.4, -0.2) is 13.1 Å². The molecule has 144 valence electrons. The van der Waals surface area contributed by atoms with Gasteiger partial charge in [0.05, 0.1) is 0 Å². The van der Waals surface area contributed by atoms with Crippen LogP contribution < -0.4 is 17.7 Å². The highest BCUT2D eigenvalue weighted by atomic mass is 35.5. The van der Waals surface area contributed by atoms with Crippen LogP contribution in [0.25, 0.3) is 0 Å². The average molecular weight is 368 g/mol. The molecule has 0 heterocycles. The van der Waals surface area contributed by atoms with E-state index in [0.29, 0.717) is 0 Å². The maximum Gasteiger partial charge on any atom is -0.00489 e. The Hall–Kier alpha value is 0.600. The van der Waals surface area contributed by atoms with Gasteiger partial charge in [-0.05, 0) is 25.9 Å². The minimum atomic E-state index is 0. The van der Waals surface area contributed by atoms with E-state index < -0.39 is 0 Å². The number of hydrogen-bond acceptors (Lipinski definition) is 1. The summed E-state index contributed by atoms with van der Waals surface area (Å²) >= 11 is 0. The molecule has 0 bridgehead atoms.